The van der Waals surface area contributed by atoms with Crippen LogP contribution in [-0.4, -0.2) is 16.0 Å². The lowest BCUT2D eigenvalue weighted by molar-refractivity contribution is 0.0937. The first-order valence-corrected chi connectivity index (χ1v) is 8.97. The molecule has 0 spiro atoms. The van der Waals surface area contributed by atoms with Gasteiger partial charge in [-0.3, -0.25) is 9.78 Å². The molecule has 3 aromatic rings. The van der Waals surface area contributed by atoms with E-state index in [1.165, 1.54) is 0 Å². The molecule has 1 unspecified atom stereocenters. The summed E-state index contributed by atoms with van der Waals surface area (Å²) >= 11 is 1.56. The van der Waals surface area contributed by atoms with Gasteiger partial charge in [-0.1, -0.05) is 17.3 Å². The number of pyridine rings is 1. The fraction of sp³-hybridized carbons (Fsp3) is 0.211. The number of amides is 1. The molecule has 0 radical (unpaired) electrons. The topological polar surface area (TPSA) is 68.0 Å². The van der Waals surface area contributed by atoms with Crippen LogP contribution in [0.4, 0.5) is 0 Å². The Hall–Kier alpha value is -2.60. The van der Waals surface area contributed by atoms with Gasteiger partial charge in [-0.2, -0.15) is 0 Å². The fourth-order valence-electron chi connectivity index (χ4n) is 2.42. The minimum absolute atomic E-state index is 0.0921. The number of carbonyl (C=O) groups is 1. The Morgan fingerprint density at radius 2 is 2.00 bits per heavy atom. The van der Waals surface area contributed by atoms with E-state index in [2.05, 4.69) is 15.5 Å². The molecular weight excluding hydrogens is 334 g/mol. The summed E-state index contributed by atoms with van der Waals surface area (Å²) < 4.78 is 5.23. The van der Waals surface area contributed by atoms with Crippen LogP contribution in [0.5, 0.6) is 0 Å². The van der Waals surface area contributed by atoms with Crippen molar-refractivity contribution >= 4 is 17.7 Å². The highest BCUT2D eigenvalue weighted by molar-refractivity contribution is 7.98. The number of aryl methyl sites for hydroxylation is 1. The molecule has 0 bridgehead atoms. The van der Waals surface area contributed by atoms with Gasteiger partial charge in [-0.25, -0.2) is 0 Å². The third-order valence-electron chi connectivity index (χ3n) is 3.73. The van der Waals surface area contributed by atoms with Crippen molar-refractivity contribution in [1.82, 2.24) is 15.5 Å². The molecule has 2 heterocycles. The van der Waals surface area contributed by atoms with Crippen LogP contribution in [0, 0.1) is 6.92 Å². The second kappa shape index (κ2) is 7.98. The number of carbonyl (C=O) groups excluding carboxylic acids is 1. The van der Waals surface area contributed by atoms with E-state index in [9.17, 15) is 4.79 Å². The summed E-state index contributed by atoms with van der Waals surface area (Å²) in [6, 6.07) is 13.2. The largest absolute Gasteiger partial charge is 0.360 e. The highest BCUT2D eigenvalue weighted by Crippen LogP contribution is 2.27. The quantitative estimate of drug-likeness (QED) is 0.674. The van der Waals surface area contributed by atoms with E-state index in [0.717, 1.165) is 21.9 Å². The van der Waals surface area contributed by atoms with Crippen molar-refractivity contribution in [3.63, 3.8) is 0 Å². The van der Waals surface area contributed by atoms with Gasteiger partial charge in [0.05, 0.1) is 23.1 Å². The Labute approximate surface area is 150 Å². The fourth-order valence-corrected chi connectivity index (χ4v) is 3.35. The molecule has 1 aromatic carbocycles. The lowest BCUT2D eigenvalue weighted by Crippen LogP contribution is -2.27. The van der Waals surface area contributed by atoms with E-state index in [1.54, 1.807) is 24.2 Å². The molecule has 0 saturated heterocycles. The standard InChI is InChI=1S/C19H19N3O2S/c1-13-11-16(24-22-13)12-25-18-6-4-3-5-17(18)19(23)21-14(2)15-7-9-20-10-8-15/h3-11,14H,12H2,1-2H3,(H,21,23). The lowest BCUT2D eigenvalue weighted by atomic mass is 10.1. The molecule has 0 saturated carbocycles. The zero-order chi connectivity index (χ0) is 17.6. The van der Waals surface area contributed by atoms with Crippen LogP contribution in [-0.2, 0) is 5.75 Å². The molecule has 5 nitrogen and oxygen atoms in total. The average molecular weight is 353 g/mol. The monoisotopic (exact) mass is 353 g/mol. The van der Waals surface area contributed by atoms with Crippen LogP contribution in [0.3, 0.4) is 0 Å². The Bertz CT molecular complexity index is 849. The summed E-state index contributed by atoms with van der Waals surface area (Å²) in [4.78, 5) is 17.6. The predicted octanol–water partition coefficient (Wildman–Crippen LogP) is 4.16. The summed E-state index contributed by atoms with van der Waals surface area (Å²) in [7, 11) is 0. The summed E-state index contributed by atoms with van der Waals surface area (Å²) in [6.45, 7) is 3.85. The van der Waals surface area contributed by atoms with E-state index in [4.69, 9.17) is 4.52 Å². The van der Waals surface area contributed by atoms with Crippen LogP contribution in [0.15, 0.2) is 64.3 Å². The van der Waals surface area contributed by atoms with E-state index >= 15 is 0 Å². The predicted molar refractivity (Wildman–Crippen MR) is 97.4 cm³/mol. The van der Waals surface area contributed by atoms with Crippen LogP contribution in [0.1, 0.15) is 40.3 Å². The third-order valence-corrected chi connectivity index (χ3v) is 4.83. The smallest absolute Gasteiger partial charge is 0.252 e. The molecule has 0 aliphatic rings. The van der Waals surface area contributed by atoms with Gasteiger partial charge in [0, 0.05) is 23.4 Å². The van der Waals surface area contributed by atoms with Gasteiger partial charge in [0.15, 0.2) is 0 Å². The minimum Gasteiger partial charge on any atom is -0.360 e. The molecule has 25 heavy (non-hydrogen) atoms. The summed E-state index contributed by atoms with van der Waals surface area (Å²) in [6.07, 6.45) is 3.45. The number of hydrogen-bond acceptors (Lipinski definition) is 5. The lowest BCUT2D eigenvalue weighted by Gasteiger charge is -2.15. The second-order valence-corrected chi connectivity index (χ2v) is 6.71. The van der Waals surface area contributed by atoms with Crippen LogP contribution in [0.25, 0.3) is 0 Å². The highest BCUT2D eigenvalue weighted by Gasteiger charge is 2.15. The maximum atomic E-state index is 12.7. The van der Waals surface area contributed by atoms with Crippen molar-refractivity contribution in [2.75, 3.05) is 0 Å². The number of nitrogens with one attached hydrogen (secondary N) is 1. The molecule has 3 rings (SSSR count). The molecule has 6 heteroatoms. The molecule has 1 amide bonds. The number of hydrogen-bond donors (Lipinski definition) is 1. The van der Waals surface area contributed by atoms with Crippen molar-refractivity contribution in [2.24, 2.45) is 0 Å². The van der Waals surface area contributed by atoms with Gasteiger partial charge in [0.1, 0.15) is 5.76 Å². The molecular formula is C19H19N3O2S. The van der Waals surface area contributed by atoms with E-state index < -0.39 is 0 Å². The first-order valence-electron chi connectivity index (χ1n) is 7.98. The first kappa shape index (κ1) is 17.2. The molecule has 2 aromatic heterocycles. The molecule has 1 atom stereocenters. The summed E-state index contributed by atoms with van der Waals surface area (Å²) in [5, 5.41) is 6.93. The van der Waals surface area contributed by atoms with Crippen molar-refractivity contribution in [1.29, 1.82) is 0 Å². The minimum atomic E-state index is -0.0961. The first-order chi connectivity index (χ1) is 12.1. The van der Waals surface area contributed by atoms with Crippen molar-refractivity contribution in [2.45, 2.75) is 30.5 Å². The maximum absolute atomic E-state index is 12.7. The van der Waals surface area contributed by atoms with Crippen LogP contribution >= 0.6 is 11.8 Å². The van der Waals surface area contributed by atoms with Crippen molar-refractivity contribution in [3.8, 4) is 0 Å². The molecule has 1 N–H and O–H groups in total. The number of rotatable bonds is 6. The Morgan fingerprint density at radius 3 is 2.72 bits per heavy atom. The van der Waals surface area contributed by atoms with E-state index in [-0.39, 0.29) is 11.9 Å². The highest BCUT2D eigenvalue weighted by atomic mass is 32.2. The molecule has 0 aliphatic carbocycles. The molecule has 0 aliphatic heterocycles. The van der Waals surface area contributed by atoms with E-state index in [1.807, 2.05) is 56.3 Å². The van der Waals surface area contributed by atoms with Gasteiger partial charge in [0.2, 0.25) is 0 Å². The Morgan fingerprint density at radius 1 is 1.24 bits per heavy atom. The Balaban J connectivity index is 1.70. The zero-order valence-corrected chi connectivity index (χ0v) is 14.9. The van der Waals surface area contributed by atoms with Crippen molar-refractivity contribution in [3.05, 3.63) is 77.4 Å². The number of aromatic nitrogens is 2. The van der Waals surface area contributed by atoms with Gasteiger partial charge in [0.25, 0.3) is 5.91 Å². The van der Waals surface area contributed by atoms with Gasteiger partial charge in [-0.05, 0) is 43.7 Å². The van der Waals surface area contributed by atoms with Gasteiger partial charge in [-0.15, -0.1) is 11.8 Å². The molecule has 0 fully saturated rings. The maximum Gasteiger partial charge on any atom is 0.252 e. The SMILES string of the molecule is Cc1cc(CSc2ccccc2C(=O)NC(C)c2ccncc2)on1. The number of benzene rings is 1. The average Bonchev–Trinajstić information content (AvgIpc) is 3.06. The second-order valence-electron chi connectivity index (χ2n) is 5.70. The van der Waals surface area contributed by atoms with Crippen molar-refractivity contribution < 1.29 is 9.32 Å². The molecule has 128 valence electrons. The summed E-state index contributed by atoms with van der Waals surface area (Å²) in [5.41, 5.74) is 2.53. The van der Waals surface area contributed by atoms with Crippen LogP contribution in [0.2, 0.25) is 0 Å². The Kier molecular flexibility index (Phi) is 5.50. The third kappa shape index (κ3) is 4.48. The number of thioether (sulfide) groups is 1. The van der Waals surface area contributed by atoms with E-state index in [0.29, 0.717) is 11.3 Å². The number of nitrogens with zero attached hydrogens (tertiary/aromatic N) is 2. The van der Waals surface area contributed by atoms with Crippen LogP contribution < -0.4 is 5.32 Å². The zero-order valence-electron chi connectivity index (χ0n) is 14.1. The van der Waals surface area contributed by atoms with Gasteiger partial charge >= 0.3 is 0 Å². The normalized spacial score (nSPS) is 11.9. The van der Waals surface area contributed by atoms with Gasteiger partial charge < -0.3 is 9.84 Å². The summed E-state index contributed by atoms with van der Waals surface area (Å²) in [5.74, 6) is 1.33.